The third-order valence-corrected chi connectivity index (χ3v) is 3.18. The van der Waals surface area contributed by atoms with Gasteiger partial charge < -0.3 is 13.9 Å². The van der Waals surface area contributed by atoms with E-state index in [-0.39, 0.29) is 0 Å². The molecular formula is C12H22O4Si. The highest BCUT2D eigenvalue weighted by atomic mass is 28.4. The molecule has 0 aromatic carbocycles. The maximum Gasteiger partial charge on any atom is 0.337 e. The van der Waals surface area contributed by atoms with Crippen molar-refractivity contribution in [1.82, 2.24) is 0 Å². The van der Waals surface area contributed by atoms with E-state index >= 15 is 0 Å². The molecule has 1 fully saturated rings. The molecule has 0 spiro atoms. The number of carbonyl (C=O) groups excluding carboxylic acids is 1. The SMILES string of the molecule is C=C(C)C(=O)OC1(O[Si](C)(C)C)CCCCO1. The van der Waals surface area contributed by atoms with E-state index in [4.69, 9.17) is 13.9 Å². The molecule has 0 N–H and O–H groups in total. The van der Waals surface area contributed by atoms with Gasteiger partial charge in [-0.2, -0.15) is 0 Å². The lowest BCUT2D eigenvalue weighted by Crippen LogP contribution is -2.50. The molecular weight excluding hydrogens is 236 g/mol. The number of esters is 1. The number of hydrogen-bond acceptors (Lipinski definition) is 4. The lowest BCUT2D eigenvalue weighted by molar-refractivity contribution is -0.342. The van der Waals surface area contributed by atoms with Gasteiger partial charge in [0.25, 0.3) is 0 Å². The number of carbonyl (C=O) groups is 1. The van der Waals surface area contributed by atoms with E-state index < -0.39 is 20.3 Å². The van der Waals surface area contributed by atoms with Crippen LogP contribution < -0.4 is 0 Å². The predicted octanol–water partition coefficient (Wildman–Crippen LogP) is 2.81. The number of rotatable bonds is 4. The van der Waals surface area contributed by atoms with Gasteiger partial charge in [0.05, 0.1) is 6.61 Å². The Morgan fingerprint density at radius 1 is 1.35 bits per heavy atom. The Hall–Kier alpha value is -0.653. The lowest BCUT2D eigenvalue weighted by Gasteiger charge is -2.39. The van der Waals surface area contributed by atoms with Gasteiger partial charge in [-0.15, -0.1) is 0 Å². The first kappa shape index (κ1) is 14.4. The van der Waals surface area contributed by atoms with Crippen LogP contribution in [0.15, 0.2) is 12.2 Å². The zero-order chi connectivity index (χ0) is 13.1. The average Bonchev–Trinajstić information content (AvgIpc) is 2.15. The molecule has 1 unspecified atom stereocenters. The van der Waals surface area contributed by atoms with Crippen molar-refractivity contribution in [2.24, 2.45) is 0 Å². The van der Waals surface area contributed by atoms with Crippen LogP contribution in [0.3, 0.4) is 0 Å². The molecule has 4 nitrogen and oxygen atoms in total. The van der Waals surface area contributed by atoms with Crippen LogP contribution >= 0.6 is 0 Å². The van der Waals surface area contributed by atoms with E-state index in [1.54, 1.807) is 6.92 Å². The maximum atomic E-state index is 11.6. The molecule has 1 atom stereocenters. The minimum atomic E-state index is -1.85. The minimum Gasteiger partial charge on any atom is -0.405 e. The summed E-state index contributed by atoms with van der Waals surface area (Å²) >= 11 is 0. The molecule has 17 heavy (non-hydrogen) atoms. The highest BCUT2D eigenvalue weighted by Gasteiger charge is 2.42. The monoisotopic (exact) mass is 258 g/mol. The van der Waals surface area contributed by atoms with E-state index in [0.29, 0.717) is 18.6 Å². The van der Waals surface area contributed by atoms with Crippen LogP contribution in [0.4, 0.5) is 0 Å². The lowest BCUT2D eigenvalue weighted by atomic mass is 10.2. The van der Waals surface area contributed by atoms with Crippen molar-refractivity contribution in [1.29, 1.82) is 0 Å². The van der Waals surface area contributed by atoms with Gasteiger partial charge in [-0.25, -0.2) is 4.79 Å². The van der Waals surface area contributed by atoms with E-state index in [1.807, 2.05) is 19.6 Å². The molecule has 0 aliphatic carbocycles. The Labute approximate surface area is 104 Å². The Bertz CT molecular complexity index is 300. The minimum absolute atomic E-state index is 0.359. The summed E-state index contributed by atoms with van der Waals surface area (Å²) in [4.78, 5) is 11.6. The summed E-state index contributed by atoms with van der Waals surface area (Å²) in [6.45, 7) is 11.9. The van der Waals surface area contributed by atoms with Crippen LogP contribution in [-0.4, -0.2) is 26.9 Å². The first-order valence-corrected chi connectivity index (χ1v) is 9.38. The average molecular weight is 258 g/mol. The fourth-order valence-electron chi connectivity index (χ4n) is 1.62. The summed E-state index contributed by atoms with van der Waals surface area (Å²) in [7, 11) is -1.85. The van der Waals surface area contributed by atoms with Crippen LogP contribution in [0.5, 0.6) is 0 Å². The van der Waals surface area contributed by atoms with Crippen molar-refractivity contribution in [2.75, 3.05) is 6.61 Å². The van der Waals surface area contributed by atoms with Crippen molar-refractivity contribution in [3.05, 3.63) is 12.2 Å². The third kappa shape index (κ3) is 4.61. The van der Waals surface area contributed by atoms with Crippen molar-refractivity contribution in [3.8, 4) is 0 Å². The second-order valence-electron chi connectivity index (χ2n) is 5.37. The summed E-state index contributed by atoms with van der Waals surface area (Å²) in [5.41, 5.74) is 0.359. The molecule has 1 saturated heterocycles. The highest BCUT2D eigenvalue weighted by Crippen LogP contribution is 2.31. The molecule has 98 valence electrons. The molecule has 5 heteroatoms. The molecule has 0 aromatic heterocycles. The fourth-order valence-corrected chi connectivity index (χ4v) is 2.76. The van der Waals surface area contributed by atoms with Crippen molar-refractivity contribution < 1.29 is 18.7 Å². The number of hydrogen-bond donors (Lipinski definition) is 0. The molecule has 0 aromatic rings. The standard InChI is InChI=1S/C12H22O4Si/c1-10(2)11(13)15-12(16-17(3,4)5)8-6-7-9-14-12/h1,6-9H2,2-5H3. The van der Waals surface area contributed by atoms with Crippen LogP contribution in [0.1, 0.15) is 26.2 Å². The van der Waals surface area contributed by atoms with Gasteiger partial charge in [-0.05, 0) is 39.4 Å². The van der Waals surface area contributed by atoms with Crippen molar-refractivity contribution in [2.45, 2.75) is 51.8 Å². The van der Waals surface area contributed by atoms with Crippen LogP contribution in [0, 0.1) is 0 Å². The largest absolute Gasteiger partial charge is 0.405 e. The molecule has 0 amide bonds. The number of ether oxygens (including phenoxy) is 2. The summed E-state index contributed by atoms with van der Waals surface area (Å²) in [5.74, 6) is -1.64. The van der Waals surface area contributed by atoms with E-state index in [1.165, 1.54) is 0 Å². The normalized spacial score (nSPS) is 25.4. The van der Waals surface area contributed by atoms with Gasteiger partial charge in [0, 0.05) is 12.0 Å². The molecule has 1 rings (SSSR count). The Morgan fingerprint density at radius 3 is 2.41 bits per heavy atom. The summed E-state index contributed by atoms with van der Waals surface area (Å²) < 4.78 is 16.9. The van der Waals surface area contributed by atoms with Crippen LogP contribution in [0.2, 0.25) is 19.6 Å². The van der Waals surface area contributed by atoms with E-state index in [9.17, 15) is 4.79 Å². The van der Waals surface area contributed by atoms with Crippen molar-refractivity contribution >= 4 is 14.3 Å². The first-order chi connectivity index (χ1) is 7.74. The third-order valence-electron chi connectivity index (χ3n) is 2.26. The Balaban J connectivity index is 2.78. The molecule has 0 radical (unpaired) electrons. The summed E-state index contributed by atoms with van der Waals surface area (Å²) in [6, 6.07) is 0. The zero-order valence-electron chi connectivity index (χ0n) is 11.2. The summed E-state index contributed by atoms with van der Waals surface area (Å²) in [6.07, 6.45) is 2.51. The fraction of sp³-hybridized carbons (Fsp3) is 0.750. The second kappa shape index (κ2) is 5.33. The molecule has 0 bridgehead atoms. The first-order valence-electron chi connectivity index (χ1n) is 5.97. The predicted molar refractivity (Wildman–Crippen MR) is 67.9 cm³/mol. The Morgan fingerprint density at radius 2 is 2.00 bits per heavy atom. The highest BCUT2D eigenvalue weighted by molar-refractivity contribution is 6.69. The molecule has 1 aliphatic heterocycles. The van der Waals surface area contributed by atoms with Crippen molar-refractivity contribution in [3.63, 3.8) is 0 Å². The topological polar surface area (TPSA) is 44.8 Å². The quantitative estimate of drug-likeness (QED) is 0.337. The van der Waals surface area contributed by atoms with Gasteiger partial charge in [0.2, 0.25) is 0 Å². The molecule has 0 saturated carbocycles. The molecule has 1 heterocycles. The van der Waals surface area contributed by atoms with Gasteiger partial charge in [0.15, 0.2) is 8.32 Å². The second-order valence-corrected chi connectivity index (χ2v) is 9.80. The van der Waals surface area contributed by atoms with Gasteiger partial charge in [0.1, 0.15) is 0 Å². The summed E-state index contributed by atoms with van der Waals surface area (Å²) in [5, 5.41) is 0. The molecule has 1 aliphatic rings. The van der Waals surface area contributed by atoms with Gasteiger partial charge in [-0.3, -0.25) is 0 Å². The Kier molecular flexibility index (Phi) is 4.52. The zero-order valence-corrected chi connectivity index (χ0v) is 12.2. The van der Waals surface area contributed by atoms with Crippen LogP contribution in [0.25, 0.3) is 0 Å². The van der Waals surface area contributed by atoms with Gasteiger partial charge >= 0.3 is 11.9 Å². The smallest absolute Gasteiger partial charge is 0.337 e. The van der Waals surface area contributed by atoms with E-state index in [2.05, 4.69) is 6.58 Å². The van der Waals surface area contributed by atoms with Gasteiger partial charge in [-0.1, -0.05) is 6.58 Å². The van der Waals surface area contributed by atoms with Crippen LogP contribution in [-0.2, 0) is 18.7 Å². The maximum absolute atomic E-state index is 11.6. The van der Waals surface area contributed by atoms with E-state index in [0.717, 1.165) is 12.8 Å².